The molecule has 2 saturated heterocycles. The van der Waals surface area contributed by atoms with Crippen LogP contribution in [-0.4, -0.2) is 80.8 Å². The number of rotatable bonds is 5. The van der Waals surface area contributed by atoms with E-state index in [0.717, 1.165) is 18.7 Å². The van der Waals surface area contributed by atoms with Gasteiger partial charge in [0.05, 0.1) is 19.1 Å². The summed E-state index contributed by atoms with van der Waals surface area (Å²) in [6.45, 7) is 5.52. The second-order valence-electron chi connectivity index (χ2n) is 7.90. The van der Waals surface area contributed by atoms with E-state index in [1.807, 2.05) is 58.3 Å². The number of anilines is 1. The zero-order chi connectivity index (χ0) is 21.5. The first-order valence-electron chi connectivity index (χ1n) is 11.0. The van der Waals surface area contributed by atoms with Gasteiger partial charge in [-0.3, -0.25) is 4.79 Å². The highest BCUT2D eigenvalue weighted by molar-refractivity contribution is 5.85. The monoisotopic (exact) mass is 422 g/mol. The van der Waals surface area contributed by atoms with Crippen LogP contribution in [0, 0.1) is 0 Å². The summed E-state index contributed by atoms with van der Waals surface area (Å²) in [7, 11) is 0. The molecule has 1 atom stereocenters. The van der Waals surface area contributed by atoms with Crippen LogP contribution in [-0.2, 0) is 9.53 Å². The predicted octanol–water partition coefficient (Wildman–Crippen LogP) is 2.16. The van der Waals surface area contributed by atoms with Crippen LogP contribution in [0.25, 0.3) is 0 Å². The van der Waals surface area contributed by atoms with E-state index in [-0.39, 0.29) is 18.5 Å². The highest BCUT2D eigenvalue weighted by Gasteiger charge is 2.29. The molecule has 4 rings (SSSR count). The van der Waals surface area contributed by atoms with Crippen molar-refractivity contribution in [2.45, 2.75) is 5.92 Å². The molecule has 2 aliphatic rings. The van der Waals surface area contributed by atoms with Crippen LogP contribution in [0.4, 0.5) is 10.5 Å². The standard InChI is InChI=1S/C24H30N4O3/c29-23(27-15-17-31-18-16-27)22(20-7-3-1-4-8-20)19-25-24(30)28-13-11-26(12-14-28)21-9-5-2-6-10-21/h1-10,22H,11-19H2,(H,25,30). The van der Waals surface area contributed by atoms with E-state index in [4.69, 9.17) is 4.74 Å². The summed E-state index contributed by atoms with van der Waals surface area (Å²) in [5.41, 5.74) is 2.11. The fraction of sp³-hybridized carbons (Fsp3) is 0.417. The molecule has 2 aromatic rings. The zero-order valence-corrected chi connectivity index (χ0v) is 17.8. The largest absolute Gasteiger partial charge is 0.378 e. The molecule has 1 N–H and O–H groups in total. The fourth-order valence-electron chi connectivity index (χ4n) is 4.14. The summed E-state index contributed by atoms with van der Waals surface area (Å²) in [5.74, 6) is -0.349. The number of hydrogen-bond donors (Lipinski definition) is 1. The predicted molar refractivity (Wildman–Crippen MR) is 120 cm³/mol. The SMILES string of the molecule is O=C(NCC(C(=O)N1CCOCC1)c1ccccc1)N1CCN(c2ccccc2)CC1. The van der Waals surface area contributed by atoms with Crippen molar-refractivity contribution in [3.05, 3.63) is 66.2 Å². The lowest BCUT2D eigenvalue weighted by Gasteiger charge is -2.36. The Morgan fingerprint density at radius 1 is 0.806 bits per heavy atom. The summed E-state index contributed by atoms with van der Waals surface area (Å²) in [6, 6.07) is 19.9. The Kier molecular flexibility index (Phi) is 7.04. The first kappa shape index (κ1) is 21.2. The molecule has 7 nitrogen and oxygen atoms in total. The molecule has 0 spiro atoms. The van der Waals surface area contributed by atoms with Gasteiger partial charge in [0.15, 0.2) is 0 Å². The van der Waals surface area contributed by atoms with E-state index < -0.39 is 5.92 Å². The van der Waals surface area contributed by atoms with E-state index in [2.05, 4.69) is 22.3 Å². The van der Waals surface area contributed by atoms with E-state index in [0.29, 0.717) is 39.4 Å². The minimum Gasteiger partial charge on any atom is -0.378 e. The lowest BCUT2D eigenvalue weighted by Crippen LogP contribution is -2.53. The van der Waals surface area contributed by atoms with Gasteiger partial charge in [-0.25, -0.2) is 4.79 Å². The van der Waals surface area contributed by atoms with Crippen molar-refractivity contribution < 1.29 is 14.3 Å². The highest BCUT2D eigenvalue weighted by Crippen LogP contribution is 2.20. The molecule has 31 heavy (non-hydrogen) atoms. The van der Waals surface area contributed by atoms with Gasteiger partial charge in [0, 0.05) is 51.5 Å². The highest BCUT2D eigenvalue weighted by atomic mass is 16.5. The first-order chi connectivity index (χ1) is 15.2. The molecule has 2 heterocycles. The summed E-state index contributed by atoms with van der Waals surface area (Å²) in [5, 5.41) is 3.02. The van der Waals surface area contributed by atoms with E-state index in [9.17, 15) is 9.59 Å². The van der Waals surface area contributed by atoms with Crippen LogP contribution in [0.1, 0.15) is 11.5 Å². The summed E-state index contributed by atoms with van der Waals surface area (Å²) < 4.78 is 5.38. The van der Waals surface area contributed by atoms with Gasteiger partial charge in [-0.2, -0.15) is 0 Å². The molecule has 0 bridgehead atoms. The van der Waals surface area contributed by atoms with Gasteiger partial charge in [0.1, 0.15) is 0 Å². The molecule has 2 aromatic carbocycles. The van der Waals surface area contributed by atoms with Crippen molar-refractivity contribution in [3.63, 3.8) is 0 Å². The molecule has 0 saturated carbocycles. The molecule has 7 heteroatoms. The number of hydrogen-bond acceptors (Lipinski definition) is 4. The van der Waals surface area contributed by atoms with Gasteiger partial charge in [-0.1, -0.05) is 48.5 Å². The maximum absolute atomic E-state index is 13.2. The number of ether oxygens (including phenoxy) is 1. The zero-order valence-electron chi connectivity index (χ0n) is 17.8. The third-order valence-electron chi connectivity index (χ3n) is 5.97. The Bertz CT molecular complexity index is 848. The molecule has 0 radical (unpaired) electrons. The van der Waals surface area contributed by atoms with Crippen molar-refractivity contribution >= 4 is 17.6 Å². The maximum atomic E-state index is 13.2. The van der Waals surface area contributed by atoms with Gasteiger partial charge in [0.2, 0.25) is 5.91 Å². The molecule has 0 aliphatic carbocycles. The van der Waals surface area contributed by atoms with Crippen LogP contribution >= 0.6 is 0 Å². The van der Waals surface area contributed by atoms with Crippen molar-refractivity contribution in [2.24, 2.45) is 0 Å². The Labute approximate surface area is 183 Å². The second-order valence-corrected chi connectivity index (χ2v) is 7.90. The third kappa shape index (κ3) is 5.35. The minimum absolute atomic E-state index is 0.0451. The number of carbonyl (C=O) groups excluding carboxylic acids is 2. The lowest BCUT2D eigenvalue weighted by atomic mass is 9.97. The summed E-state index contributed by atoms with van der Waals surface area (Å²) >= 11 is 0. The van der Waals surface area contributed by atoms with Gasteiger partial charge >= 0.3 is 6.03 Å². The van der Waals surface area contributed by atoms with E-state index in [1.165, 1.54) is 5.69 Å². The summed E-state index contributed by atoms with van der Waals surface area (Å²) in [4.78, 5) is 32.0. The second kappa shape index (κ2) is 10.3. The number of urea groups is 1. The number of benzene rings is 2. The fourth-order valence-corrected chi connectivity index (χ4v) is 4.14. The number of carbonyl (C=O) groups is 2. The Morgan fingerprint density at radius 3 is 2.06 bits per heavy atom. The number of amides is 3. The topological polar surface area (TPSA) is 65.1 Å². The lowest BCUT2D eigenvalue weighted by molar-refractivity contribution is -0.136. The van der Waals surface area contributed by atoms with Crippen molar-refractivity contribution in [3.8, 4) is 0 Å². The molecule has 164 valence electrons. The molecule has 2 aliphatic heterocycles. The van der Waals surface area contributed by atoms with Gasteiger partial charge in [-0.05, 0) is 17.7 Å². The molecular weight excluding hydrogens is 392 g/mol. The van der Waals surface area contributed by atoms with Crippen molar-refractivity contribution in [2.75, 3.05) is 63.9 Å². The number of para-hydroxylation sites is 1. The van der Waals surface area contributed by atoms with Crippen LogP contribution < -0.4 is 10.2 Å². The van der Waals surface area contributed by atoms with Crippen molar-refractivity contribution in [1.29, 1.82) is 0 Å². The molecule has 2 fully saturated rings. The Hall–Kier alpha value is -3.06. The Morgan fingerprint density at radius 2 is 1.42 bits per heavy atom. The van der Waals surface area contributed by atoms with Crippen molar-refractivity contribution in [1.82, 2.24) is 15.1 Å². The average molecular weight is 423 g/mol. The van der Waals surface area contributed by atoms with Gasteiger partial charge in [0.25, 0.3) is 0 Å². The number of morpholine rings is 1. The van der Waals surface area contributed by atoms with Crippen LogP contribution in [0.15, 0.2) is 60.7 Å². The first-order valence-corrected chi connectivity index (χ1v) is 11.0. The number of piperazine rings is 1. The van der Waals surface area contributed by atoms with Crippen LogP contribution in [0.3, 0.4) is 0 Å². The van der Waals surface area contributed by atoms with Gasteiger partial charge in [-0.15, -0.1) is 0 Å². The quantitative estimate of drug-likeness (QED) is 0.802. The molecule has 3 amide bonds. The van der Waals surface area contributed by atoms with Crippen LogP contribution in [0.2, 0.25) is 0 Å². The van der Waals surface area contributed by atoms with E-state index in [1.54, 1.807) is 0 Å². The normalized spacial score (nSPS) is 17.9. The Balaban J connectivity index is 1.34. The molecule has 1 unspecified atom stereocenters. The minimum atomic E-state index is -0.395. The number of nitrogens with one attached hydrogen (secondary N) is 1. The maximum Gasteiger partial charge on any atom is 0.317 e. The molecule has 0 aromatic heterocycles. The van der Waals surface area contributed by atoms with E-state index >= 15 is 0 Å². The third-order valence-corrected chi connectivity index (χ3v) is 5.97. The average Bonchev–Trinajstić information content (AvgIpc) is 2.86. The van der Waals surface area contributed by atoms with Crippen LogP contribution in [0.5, 0.6) is 0 Å². The van der Waals surface area contributed by atoms with Gasteiger partial charge < -0.3 is 24.8 Å². The smallest absolute Gasteiger partial charge is 0.317 e. The molecular formula is C24H30N4O3. The number of nitrogens with zero attached hydrogens (tertiary/aromatic N) is 3. The summed E-state index contributed by atoms with van der Waals surface area (Å²) in [6.07, 6.45) is 0.